The summed E-state index contributed by atoms with van der Waals surface area (Å²) in [6.45, 7) is 4.26. The summed E-state index contributed by atoms with van der Waals surface area (Å²) in [7, 11) is 1.61. The largest absolute Gasteiger partial charge is 0.344 e. The Kier molecular flexibility index (Phi) is 8.72. The standard InChI is InChI=1S/C30H41N5O3/c1-30(2,31)18-27(36)33-25-17-16-22-8-4-7-11-26(22)35(28(25)37)19-20-12-14-21(15-13-20)23-9-5-6-10-24(23)34-29(38)32-3/h4-11,20-21,25H,12-19,31H2,1-3H3,(H,33,36)(H2,32,34,38)/t20?,21?,25-/m1/s1. The summed E-state index contributed by atoms with van der Waals surface area (Å²) in [5.74, 6) is 0.491. The minimum atomic E-state index is -0.631. The average molecular weight is 520 g/mol. The summed E-state index contributed by atoms with van der Waals surface area (Å²) in [5, 5.41) is 8.54. The summed E-state index contributed by atoms with van der Waals surface area (Å²) in [4.78, 5) is 40.3. The van der Waals surface area contributed by atoms with Gasteiger partial charge < -0.3 is 26.6 Å². The zero-order chi connectivity index (χ0) is 27.3. The Morgan fingerprint density at radius 2 is 1.68 bits per heavy atom. The fourth-order valence-electron chi connectivity index (χ4n) is 5.76. The molecule has 1 saturated carbocycles. The van der Waals surface area contributed by atoms with Crippen molar-refractivity contribution < 1.29 is 14.4 Å². The van der Waals surface area contributed by atoms with Crippen LogP contribution in [0.1, 0.15) is 69.4 Å². The Hall–Kier alpha value is -3.39. The molecule has 2 aromatic rings. The first-order valence-electron chi connectivity index (χ1n) is 13.7. The lowest BCUT2D eigenvalue weighted by Gasteiger charge is -2.34. The quantitative estimate of drug-likeness (QED) is 0.436. The van der Waals surface area contributed by atoms with Crippen LogP contribution >= 0.6 is 0 Å². The van der Waals surface area contributed by atoms with Crippen molar-refractivity contribution in [2.24, 2.45) is 11.7 Å². The molecule has 8 nitrogen and oxygen atoms in total. The first-order valence-corrected chi connectivity index (χ1v) is 13.7. The molecule has 0 spiro atoms. The highest BCUT2D eigenvalue weighted by atomic mass is 16.2. The molecule has 0 radical (unpaired) electrons. The number of nitrogens with zero attached hydrogens (tertiary/aromatic N) is 1. The number of fused-ring (bicyclic) bond motifs is 1. The van der Waals surface area contributed by atoms with Crippen molar-refractivity contribution in [2.75, 3.05) is 23.8 Å². The molecule has 204 valence electrons. The number of anilines is 2. The van der Waals surface area contributed by atoms with Crippen molar-refractivity contribution in [3.8, 4) is 0 Å². The van der Waals surface area contributed by atoms with Gasteiger partial charge in [0.2, 0.25) is 11.8 Å². The lowest BCUT2D eigenvalue weighted by molar-refractivity contribution is -0.128. The van der Waals surface area contributed by atoms with Crippen molar-refractivity contribution in [2.45, 2.75) is 76.3 Å². The minimum Gasteiger partial charge on any atom is -0.344 e. The number of carbonyl (C=O) groups excluding carboxylic acids is 3. The van der Waals surface area contributed by atoms with Crippen LogP contribution < -0.4 is 26.6 Å². The van der Waals surface area contributed by atoms with Crippen LogP contribution in [0.3, 0.4) is 0 Å². The monoisotopic (exact) mass is 519 g/mol. The van der Waals surface area contributed by atoms with Crippen LogP contribution in [0.25, 0.3) is 0 Å². The molecule has 4 rings (SSSR count). The maximum atomic E-state index is 13.8. The van der Waals surface area contributed by atoms with E-state index in [0.717, 1.165) is 54.6 Å². The molecular formula is C30H41N5O3. The van der Waals surface area contributed by atoms with Crippen LogP contribution in [-0.2, 0) is 16.0 Å². The molecule has 4 amide bonds. The van der Waals surface area contributed by atoms with E-state index < -0.39 is 11.6 Å². The summed E-state index contributed by atoms with van der Waals surface area (Å²) < 4.78 is 0. The third kappa shape index (κ3) is 6.92. The second-order valence-corrected chi connectivity index (χ2v) is 11.4. The van der Waals surface area contributed by atoms with E-state index in [-0.39, 0.29) is 24.3 Å². The summed E-state index contributed by atoms with van der Waals surface area (Å²) >= 11 is 0. The van der Waals surface area contributed by atoms with E-state index >= 15 is 0 Å². The maximum absolute atomic E-state index is 13.8. The number of amides is 4. The first-order chi connectivity index (χ1) is 18.1. The highest BCUT2D eigenvalue weighted by Gasteiger charge is 2.34. The number of para-hydroxylation sites is 2. The second kappa shape index (κ2) is 12.0. The number of rotatable bonds is 7. The third-order valence-corrected chi connectivity index (χ3v) is 7.66. The molecule has 1 aliphatic carbocycles. The molecule has 1 atom stereocenters. The van der Waals surface area contributed by atoms with Gasteiger partial charge in [-0.3, -0.25) is 9.59 Å². The second-order valence-electron chi connectivity index (χ2n) is 11.4. The molecule has 2 aliphatic rings. The predicted molar refractivity (Wildman–Crippen MR) is 151 cm³/mol. The van der Waals surface area contributed by atoms with Crippen LogP contribution in [0.15, 0.2) is 48.5 Å². The number of aryl methyl sites for hydroxylation is 1. The van der Waals surface area contributed by atoms with Crippen molar-refractivity contribution in [1.82, 2.24) is 10.6 Å². The number of urea groups is 1. The van der Waals surface area contributed by atoms with Crippen molar-refractivity contribution in [3.05, 3.63) is 59.7 Å². The van der Waals surface area contributed by atoms with Crippen LogP contribution in [0, 0.1) is 5.92 Å². The fraction of sp³-hybridized carbons (Fsp3) is 0.500. The van der Waals surface area contributed by atoms with E-state index in [9.17, 15) is 14.4 Å². The molecular weight excluding hydrogens is 478 g/mol. The number of carbonyl (C=O) groups is 3. The maximum Gasteiger partial charge on any atom is 0.318 e. The molecule has 5 N–H and O–H groups in total. The zero-order valence-electron chi connectivity index (χ0n) is 22.8. The van der Waals surface area contributed by atoms with Gasteiger partial charge in [0, 0.05) is 36.9 Å². The van der Waals surface area contributed by atoms with Gasteiger partial charge in [-0.15, -0.1) is 0 Å². The van der Waals surface area contributed by atoms with Gasteiger partial charge in [-0.1, -0.05) is 36.4 Å². The van der Waals surface area contributed by atoms with Gasteiger partial charge in [-0.25, -0.2) is 4.79 Å². The van der Waals surface area contributed by atoms with E-state index in [1.54, 1.807) is 7.05 Å². The van der Waals surface area contributed by atoms with Gasteiger partial charge in [0.25, 0.3) is 0 Å². The predicted octanol–water partition coefficient (Wildman–Crippen LogP) is 4.30. The van der Waals surface area contributed by atoms with Gasteiger partial charge >= 0.3 is 6.03 Å². The Balaban J connectivity index is 1.45. The Bertz CT molecular complexity index is 1150. The first kappa shape index (κ1) is 27.6. The van der Waals surface area contributed by atoms with E-state index in [1.807, 2.05) is 55.1 Å². The van der Waals surface area contributed by atoms with Crippen LogP contribution in [0.2, 0.25) is 0 Å². The molecule has 1 fully saturated rings. The van der Waals surface area contributed by atoms with Crippen LogP contribution in [0.5, 0.6) is 0 Å². The summed E-state index contributed by atoms with van der Waals surface area (Å²) in [6.07, 6.45) is 5.44. The molecule has 8 heteroatoms. The normalized spacial score (nSPS) is 21.7. The topological polar surface area (TPSA) is 117 Å². The van der Waals surface area contributed by atoms with Gasteiger partial charge in [0.05, 0.1) is 0 Å². The molecule has 1 aliphatic heterocycles. The lowest BCUT2D eigenvalue weighted by Crippen LogP contribution is -2.51. The number of nitrogens with two attached hydrogens (primary N) is 1. The number of nitrogens with one attached hydrogen (secondary N) is 3. The third-order valence-electron chi connectivity index (χ3n) is 7.66. The smallest absolute Gasteiger partial charge is 0.318 e. The summed E-state index contributed by atoms with van der Waals surface area (Å²) in [6, 6.07) is 15.3. The van der Waals surface area contributed by atoms with E-state index in [4.69, 9.17) is 5.73 Å². The number of benzene rings is 2. The van der Waals surface area contributed by atoms with Crippen LogP contribution in [0.4, 0.5) is 16.2 Å². The molecule has 0 bridgehead atoms. The molecule has 0 saturated heterocycles. The number of hydrogen-bond acceptors (Lipinski definition) is 4. The van der Waals surface area contributed by atoms with E-state index in [2.05, 4.69) is 28.1 Å². The Morgan fingerprint density at radius 3 is 2.39 bits per heavy atom. The van der Waals surface area contributed by atoms with E-state index in [1.165, 1.54) is 0 Å². The Labute approximate surface area is 225 Å². The van der Waals surface area contributed by atoms with Gasteiger partial charge in [0.1, 0.15) is 6.04 Å². The van der Waals surface area contributed by atoms with Gasteiger partial charge in [0.15, 0.2) is 0 Å². The minimum absolute atomic E-state index is 0.0413. The Morgan fingerprint density at radius 1 is 1.00 bits per heavy atom. The van der Waals surface area contributed by atoms with Crippen molar-refractivity contribution in [3.63, 3.8) is 0 Å². The SMILES string of the molecule is CNC(=O)Nc1ccccc1C1CCC(CN2C(=O)[C@H](NC(=O)CC(C)(C)N)CCc3ccccc32)CC1. The van der Waals surface area contributed by atoms with E-state index in [0.29, 0.717) is 24.8 Å². The average Bonchev–Trinajstić information content (AvgIpc) is 3.01. The van der Waals surface area contributed by atoms with Crippen molar-refractivity contribution in [1.29, 1.82) is 0 Å². The highest BCUT2D eigenvalue weighted by Crippen LogP contribution is 2.40. The molecule has 0 aromatic heterocycles. The molecule has 1 heterocycles. The summed E-state index contributed by atoms with van der Waals surface area (Å²) in [5.41, 5.74) is 9.52. The molecule has 0 unspecified atom stereocenters. The fourth-order valence-corrected chi connectivity index (χ4v) is 5.76. The zero-order valence-corrected chi connectivity index (χ0v) is 22.8. The van der Waals surface area contributed by atoms with Gasteiger partial charge in [-0.2, -0.15) is 0 Å². The lowest BCUT2D eigenvalue weighted by atomic mass is 9.78. The van der Waals surface area contributed by atoms with Crippen LogP contribution in [-0.4, -0.2) is 43.0 Å². The molecule has 2 aromatic carbocycles. The highest BCUT2D eigenvalue weighted by molar-refractivity contribution is 6.00. The van der Waals surface area contributed by atoms with Gasteiger partial charge in [-0.05, 0) is 87.5 Å². The van der Waals surface area contributed by atoms with Crippen molar-refractivity contribution >= 4 is 29.2 Å². The molecule has 38 heavy (non-hydrogen) atoms. The number of hydrogen-bond donors (Lipinski definition) is 4.